The average Bonchev–Trinajstić information content (AvgIpc) is 2.93. The summed E-state index contributed by atoms with van der Waals surface area (Å²) >= 11 is 6.15. The lowest BCUT2D eigenvalue weighted by atomic mass is 10.2. The largest absolute Gasteiger partial charge is 0.495 e. The number of amides is 1. The van der Waals surface area contributed by atoms with Crippen LogP contribution in [0.5, 0.6) is 5.75 Å². The van der Waals surface area contributed by atoms with Crippen molar-refractivity contribution in [2.45, 2.75) is 25.7 Å². The smallest absolute Gasteiger partial charge is 0.273 e. The highest BCUT2D eigenvalue weighted by atomic mass is 35.5. The van der Waals surface area contributed by atoms with E-state index < -0.39 is 27.4 Å². The van der Waals surface area contributed by atoms with Gasteiger partial charge in [-0.2, -0.15) is 5.10 Å². The quantitative estimate of drug-likeness (QED) is 0.183. The molecule has 0 aliphatic heterocycles. The Bertz CT molecular complexity index is 1510. The molecule has 0 aliphatic rings. The van der Waals surface area contributed by atoms with Crippen LogP contribution in [0.4, 0.5) is 17.1 Å². The van der Waals surface area contributed by atoms with Gasteiger partial charge in [0.2, 0.25) is 0 Å². The first-order chi connectivity index (χ1) is 19.0. The Morgan fingerprint density at radius 3 is 2.38 bits per heavy atom. The maximum absolute atomic E-state index is 13.7. The predicted molar refractivity (Wildman–Crippen MR) is 156 cm³/mol. The number of hydrogen-bond donors (Lipinski definition) is 1. The molecule has 0 aromatic heterocycles. The molecule has 3 aromatic rings. The maximum Gasteiger partial charge on any atom is 0.273 e. The molecule has 1 amide bonds. The summed E-state index contributed by atoms with van der Waals surface area (Å²) in [6.45, 7) is 6.65. The zero-order valence-electron chi connectivity index (χ0n) is 22.5. The number of ether oxygens (including phenoxy) is 1. The molecule has 0 saturated carbocycles. The standard InChI is InChI=1S/C27H30ClN5O6S/c1-5-31(6-2)22-11-8-20(9-12-22)17-29-30-27(34)18-32(25-15-21(28)10-14-26(25)39-4)40(37,38)23-13-7-19(3)24(16-23)33(35)36/h7-17H,5-6,18H2,1-4H3,(H,30,34)/b29-17-. The van der Waals surface area contributed by atoms with Gasteiger partial charge in [-0.05, 0) is 62.7 Å². The first kappa shape index (κ1) is 30.4. The second-order valence-electron chi connectivity index (χ2n) is 8.59. The van der Waals surface area contributed by atoms with E-state index in [-0.39, 0.29) is 32.6 Å². The first-order valence-corrected chi connectivity index (χ1v) is 14.1. The van der Waals surface area contributed by atoms with E-state index in [9.17, 15) is 23.3 Å². The fourth-order valence-electron chi connectivity index (χ4n) is 3.94. The molecule has 11 nitrogen and oxygen atoms in total. The summed E-state index contributed by atoms with van der Waals surface area (Å²) in [5.74, 6) is -0.637. The Balaban J connectivity index is 1.91. The van der Waals surface area contributed by atoms with Crippen molar-refractivity contribution >= 4 is 50.8 Å². The zero-order chi connectivity index (χ0) is 29.4. The fraction of sp³-hybridized carbons (Fsp3) is 0.259. The van der Waals surface area contributed by atoms with E-state index in [1.165, 1.54) is 50.6 Å². The topological polar surface area (TPSA) is 134 Å². The normalized spacial score (nSPS) is 11.3. The van der Waals surface area contributed by atoms with Gasteiger partial charge in [0.1, 0.15) is 12.3 Å². The minimum atomic E-state index is -4.49. The molecule has 0 aliphatic carbocycles. The van der Waals surface area contributed by atoms with Crippen LogP contribution in [0.1, 0.15) is 25.0 Å². The lowest BCUT2D eigenvalue weighted by Gasteiger charge is -2.25. The van der Waals surface area contributed by atoms with Gasteiger partial charge >= 0.3 is 0 Å². The number of hydrazone groups is 1. The van der Waals surface area contributed by atoms with Crippen LogP contribution in [-0.2, 0) is 14.8 Å². The summed E-state index contributed by atoms with van der Waals surface area (Å²) in [6.07, 6.45) is 1.44. The number of carbonyl (C=O) groups is 1. The fourth-order valence-corrected chi connectivity index (χ4v) is 5.55. The SMILES string of the molecule is CCN(CC)c1ccc(/C=N\NC(=O)CN(c2cc(Cl)ccc2OC)S(=O)(=O)c2ccc(C)c([N+](=O)[O-])c2)cc1. The van der Waals surface area contributed by atoms with E-state index in [0.29, 0.717) is 0 Å². The van der Waals surface area contributed by atoms with Gasteiger partial charge in [-0.15, -0.1) is 0 Å². The van der Waals surface area contributed by atoms with E-state index in [2.05, 4.69) is 29.3 Å². The van der Waals surface area contributed by atoms with Gasteiger partial charge in [0.25, 0.3) is 21.6 Å². The molecule has 0 spiro atoms. The number of aryl methyl sites for hydroxylation is 1. The number of carbonyl (C=O) groups excluding carboxylic acids is 1. The van der Waals surface area contributed by atoms with E-state index in [4.69, 9.17) is 16.3 Å². The number of sulfonamides is 1. The number of nitrogens with one attached hydrogen (secondary N) is 1. The van der Waals surface area contributed by atoms with Gasteiger partial charge in [0, 0.05) is 35.4 Å². The molecule has 13 heteroatoms. The summed E-state index contributed by atoms with van der Waals surface area (Å²) in [7, 11) is -3.16. The van der Waals surface area contributed by atoms with Gasteiger partial charge in [-0.1, -0.05) is 29.8 Å². The number of halogens is 1. The number of benzene rings is 3. The van der Waals surface area contributed by atoms with Crippen LogP contribution in [0.2, 0.25) is 5.02 Å². The van der Waals surface area contributed by atoms with Crippen LogP contribution in [0.3, 0.4) is 0 Å². The zero-order valence-corrected chi connectivity index (χ0v) is 24.1. The lowest BCUT2D eigenvalue weighted by molar-refractivity contribution is -0.385. The second kappa shape index (κ2) is 13.3. The lowest BCUT2D eigenvalue weighted by Crippen LogP contribution is -2.39. The van der Waals surface area contributed by atoms with Crippen LogP contribution < -0.4 is 19.4 Å². The van der Waals surface area contributed by atoms with Crippen LogP contribution in [0.15, 0.2) is 70.7 Å². The predicted octanol–water partition coefficient (Wildman–Crippen LogP) is 4.76. The van der Waals surface area contributed by atoms with Crippen molar-refractivity contribution in [1.82, 2.24) is 5.43 Å². The summed E-state index contributed by atoms with van der Waals surface area (Å²) in [4.78, 5) is 25.5. The second-order valence-corrected chi connectivity index (χ2v) is 10.9. The Hall–Kier alpha value is -4.16. The third-order valence-electron chi connectivity index (χ3n) is 6.09. The van der Waals surface area contributed by atoms with Crippen molar-refractivity contribution in [2.24, 2.45) is 5.10 Å². The highest BCUT2D eigenvalue weighted by Gasteiger charge is 2.31. The van der Waals surface area contributed by atoms with E-state index in [1.807, 2.05) is 24.3 Å². The minimum absolute atomic E-state index is 0.0238. The summed E-state index contributed by atoms with van der Waals surface area (Å²) in [5.41, 5.74) is 4.00. The minimum Gasteiger partial charge on any atom is -0.495 e. The van der Waals surface area contributed by atoms with Crippen molar-refractivity contribution in [3.05, 3.63) is 86.9 Å². The molecule has 0 bridgehead atoms. The molecule has 0 unspecified atom stereocenters. The van der Waals surface area contributed by atoms with Gasteiger partial charge < -0.3 is 9.64 Å². The van der Waals surface area contributed by atoms with E-state index in [1.54, 1.807) is 0 Å². The van der Waals surface area contributed by atoms with Crippen LogP contribution in [0.25, 0.3) is 0 Å². The number of nitro benzene ring substituents is 1. The monoisotopic (exact) mass is 587 g/mol. The highest BCUT2D eigenvalue weighted by molar-refractivity contribution is 7.92. The number of anilines is 2. The molecule has 0 saturated heterocycles. The highest BCUT2D eigenvalue weighted by Crippen LogP contribution is 2.35. The van der Waals surface area contributed by atoms with Gasteiger partial charge in [0.15, 0.2) is 0 Å². The summed E-state index contributed by atoms with van der Waals surface area (Å²) in [5, 5.41) is 15.6. The van der Waals surface area contributed by atoms with Crippen molar-refractivity contribution < 1.29 is 22.9 Å². The van der Waals surface area contributed by atoms with Crippen molar-refractivity contribution in [3.63, 3.8) is 0 Å². The molecular weight excluding hydrogens is 558 g/mol. The third kappa shape index (κ3) is 7.07. The first-order valence-electron chi connectivity index (χ1n) is 12.3. The van der Waals surface area contributed by atoms with Crippen molar-refractivity contribution in [1.29, 1.82) is 0 Å². The molecular formula is C27H30ClN5O6S. The molecule has 0 atom stereocenters. The number of nitrogens with zero attached hydrogens (tertiary/aromatic N) is 4. The Labute approximate surface area is 238 Å². The Kier molecular flexibility index (Phi) is 10.1. The molecule has 1 N–H and O–H groups in total. The van der Waals surface area contributed by atoms with Crippen LogP contribution in [-0.4, -0.2) is 52.2 Å². The number of rotatable bonds is 12. The average molecular weight is 588 g/mol. The van der Waals surface area contributed by atoms with Crippen LogP contribution >= 0.6 is 11.6 Å². The van der Waals surface area contributed by atoms with Gasteiger partial charge in [-0.25, -0.2) is 13.8 Å². The number of methoxy groups -OCH3 is 1. The number of hydrogen-bond acceptors (Lipinski definition) is 8. The van der Waals surface area contributed by atoms with E-state index in [0.717, 1.165) is 34.7 Å². The Morgan fingerprint density at radius 2 is 1.77 bits per heavy atom. The molecule has 0 radical (unpaired) electrons. The molecule has 3 aromatic carbocycles. The third-order valence-corrected chi connectivity index (χ3v) is 8.08. The van der Waals surface area contributed by atoms with E-state index >= 15 is 0 Å². The summed E-state index contributed by atoms with van der Waals surface area (Å²) in [6, 6.07) is 15.4. The maximum atomic E-state index is 13.7. The number of nitro groups is 1. The Morgan fingerprint density at radius 1 is 1.10 bits per heavy atom. The molecule has 40 heavy (non-hydrogen) atoms. The molecule has 212 valence electrons. The van der Waals surface area contributed by atoms with Gasteiger partial charge in [-0.3, -0.25) is 19.2 Å². The van der Waals surface area contributed by atoms with Crippen LogP contribution in [0, 0.1) is 17.0 Å². The molecule has 3 rings (SSSR count). The van der Waals surface area contributed by atoms with Gasteiger partial charge in [0.05, 0.1) is 28.8 Å². The van der Waals surface area contributed by atoms with Crippen molar-refractivity contribution in [2.75, 3.05) is 35.9 Å². The molecule has 0 fully saturated rings. The molecule has 0 heterocycles. The summed E-state index contributed by atoms with van der Waals surface area (Å²) < 4.78 is 33.6. The van der Waals surface area contributed by atoms with Crippen molar-refractivity contribution in [3.8, 4) is 5.75 Å².